The van der Waals surface area contributed by atoms with Crippen molar-refractivity contribution in [2.75, 3.05) is 0 Å². The Hall–Kier alpha value is -1.31. The maximum Gasteiger partial charge on any atom is 0.0955 e. The van der Waals surface area contributed by atoms with Crippen LogP contribution in [0.3, 0.4) is 0 Å². The van der Waals surface area contributed by atoms with Gasteiger partial charge in [-0.1, -0.05) is 26.0 Å². The van der Waals surface area contributed by atoms with E-state index < -0.39 is 0 Å². The predicted molar refractivity (Wildman–Crippen MR) is 59.5 cm³/mol. The summed E-state index contributed by atoms with van der Waals surface area (Å²) < 4.78 is 2.12. The fraction of sp³-hybridized carbons (Fsp3) is 0.417. The Balaban J connectivity index is 2.81. The smallest absolute Gasteiger partial charge is 0.0955 e. The number of hydrogen-bond donors (Lipinski definition) is 0. The molecule has 14 heavy (non-hydrogen) atoms. The molecule has 0 fully saturated rings. The summed E-state index contributed by atoms with van der Waals surface area (Å²) in [7, 11) is 2.06. The topological polar surface area (TPSA) is 17.8 Å². The average Bonchev–Trinajstić information content (AvgIpc) is 2.60. The van der Waals surface area contributed by atoms with E-state index in [2.05, 4.69) is 42.6 Å². The highest BCUT2D eigenvalue weighted by Gasteiger charge is 2.07. The van der Waals surface area contributed by atoms with Gasteiger partial charge in [0.1, 0.15) is 0 Å². The van der Waals surface area contributed by atoms with Crippen LogP contribution in [0, 0.1) is 0 Å². The highest BCUT2D eigenvalue weighted by molar-refractivity contribution is 5.82. The van der Waals surface area contributed by atoms with Gasteiger partial charge >= 0.3 is 0 Å². The first kappa shape index (κ1) is 9.25. The van der Waals surface area contributed by atoms with Gasteiger partial charge in [0.25, 0.3) is 0 Å². The molecule has 0 aliphatic rings. The molecule has 2 heteroatoms. The third kappa shape index (κ3) is 1.22. The van der Waals surface area contributed by atoms with Gasteiger partial charge in [0.05, 0.1) is 17.4 Å². The van der Waals surface area contributed by atoms with Crippen LogP contribution >= 0.6 is 0 Å². The molecule has 1 heterocycles. The van der Waals surface area contributed by atoms with Crippen LogP contribution in [0.4, 0.5) is 0 Å². The number of benzene rings is 1. The number of nitrogens with zero attached hydrogens (tertiary/aromatic N) is 2. The first-order valence-corrected chi connectivity index (χ1v) is 5.19. The van der Waals surface area contributed by atoms with Crippen molar-refractivity contribution in [1.82, 2.24) is 9.55 Å². The molecule has 0 spiro atoms. The molecule has 0 atom stereocenters. The summed E-state index contributed by atoms with van der Waals surface area (Å²) in [6, 6.07) is 4.43. The van der Waals surface area contributed by atoms with Crippen LogP contribution in [-0.2, 0) is 19.9 Å². The van der Waals surface area contributed by atoms with E-state index in [4.69, 9.17) is 0 Å². The van der Waals surface area contributed by atoms with Gasteiger partial charge < -0.3 is 4.57 Å². The zero-order valence-electron chi connectivity index (χ0n) is 9.04. The molecule has 0 saturated heterocycles. The first-order chi connectivity index (χ1) is 6.77. The van der Waals surface area contributed by atoms with Crippen molar-refractivity contribution in [2.24, 2.45) is 7.05 Å². The molecule has 74 valence electrons. The third-order valence-electron chi connectivity index (χ3n) is 2.79. The van der Waals surface area contributed by atoms with Crippen LogP contribution in [0.5, 0.6) is 0 Å². The normalized spacial score (nSPS) is 11.1. The number of rotatable bonds is 2. The minimum absolute atomic E-state index is 1.05. The van der Waals surface area contributed by atoms with Crippen molar-refractivity contribution in [2.45, 2.75) is 26.7 Å². The second kappa shape index (κ2) is 3.45. The highest BCUT2D eigenvalue weighted by Crippen LogP contribution is 2.22. The van der Waals surface area contributed by atoms with Gasteiger partial charge in [-0.3, -0.25) is 0 Å². The van der Waals surface area contributed by atoms with E-state index in [-0.39, 0.29) is 0 Å². The maximum absolute atomic E-state index is 4.46. The second-order valence-electron chi connectivity index (χ2n) is 3.64. The summed E-state index contributed by atoms with van der Waals surface area (Å²) in [6.45, 7) is 4.36. The van der Waals surface area contributed by atoms with Gasteiger partial charge in [0.2, 0.25) is 0 Å². The molecule has 2 aromatic rings. The summed E-state index contributed by atoms with van der Waals surface area (Å²) in [5.41, 5.74) is 5.20. The van der Waals surface area contributed by atoms with E-state index in [0.29, 0.717) is 0 Å². The summed E-state index contributed by atoms with van der Waals surface area (Å²) in [6.07, 6.45) is 4.03. The van der Waals surface area contributed by atoms with Crippen molar-refractivity contribution < 1.29 is 0 Å². The lowest BCUT2D eigenvalue weighted by molar-refractivity contribution is 0.937. The number of aryl methyl sites for hydroxylation is 3. The van der Waals surface area contributed by atoms with Gasteiger partial charge in [-0.2, -0.15) is 0 Å². The molecule has 0 aliphatic heterocycles. The number of hydrogen-bond acceptors (Lipinski definition) is 1. The fourth-order valence-corrected chi connectivity index (χ4v) is 1.97. The lowest BCUT2D eigenvalue weighted by atomic mass is 10.1. The fourth-order valence-electron chi connectivity index (χ4n) is 1.97. The molecule has 0 aliphatic carbocycles. The van der Waals surface area contributed by atoms with Crippen LogP contribution in [-0.4, -0.2) is 9.55 Å². The van der Waals surface area contributed by atoms with Crippen molar-refractivity contribution in [1.29, 1.82) is 0 Å². The molecule has 2 rings (SSSR count). The van der Waals surface area contributed by atoms with Crippen LogP contribution in [0.1, 0.15) is 25.0 Å². The molecule has 1 aromatic carbocycles. The molecular formula is C12H16N2. The monoisotopic (exact) mass is 188 g/mol. The zero-order valence-corrected chi connectivity index (χ0v) is 9.04. The van der Waals surface area contributed by atoms with Gasteiger partial charge in [-0.15, -0.1) is 0 Å². The summed E-state index contributed by atoms with van der Waals surface area (Å²) in [5.74, 6) is 0. The SMILES string of the molecule is CCc1ccc(CC)c2c1ncn2C. The minimum Gasteiger partial charge on any atom is -0.333 e. The van der Waals surface area contributed by atoms with Crippen LogP contribution in [0.15, 0.2) is 18.5 Å². The molecular weight excluding hydrogens is 172 g/mol. The zero-order chi connectivity index (χ0) is 10.1. The molecule has 0 unspecified atom stereocenters. The van der Waals surface area contributed by atoms with E-state index >= 15 is 0 Å². The van der Waals surface area contributed by atoms with E-state index in [1.165, 1.54) is 22.2 Å². The van der Waals surface area contributed by atoms with E-state index in [1.54, 1.807) is 0 Å². The van der Waals surface area contributed by atoms with E-state index in [1.807, 2.05) is 6.33 Å². The summed E-state index contributed by atoms with van der Waals surface area (Å²) in [4.78, 5) is 4.46. The molecule has 2 nitrogen and oxygen atoms in total. The van der Waals surface area contributed by atoms with Crippen LogP contribution in [0.25, 0.3) is 11.0 Å². The Morgan fingerprint density at radius 3 is 2.43 bits per heavy atom. The van der Waals surface area contributed by atoms with Crippen molar-refractivity contribution in [3.05, 3.63) is 29.6 Å². The Bertz CT molecular complexity index is 455. The number of imidazole rings is 1. The average molecular weight is 188 g/mol. The Labute approximate surface area is 84.6 Å². The van der Waals surface area contributed by atoms with Gasteiger partial charge in [0, 0.05) is 7.05 Å². The molecule has 1 aromatic heterocycles. The Morgan fingerprint density at radius 1 is 1.14 bits per heavy atom. The third-order valence-corrected chi connectivity index (χ3v) is 2.79. The number of fused-ring (bicyclic) bond motifs is 1. The molecule has 0 saturated carbocycles. The van der Waals surface area contributed by atoms with Gasteiger partial charge in [0.15, 0.2) is 0 Å². The maximum atomic E-state index is 4.46. The van der Waals surface area contributed by atoms with Crippen LogP contribution in [0.2, 0.25) is 0 Å². The second-order valence-corrected chi connectivity index (χ2v) is 3.64. The molecule has 0 radical (unpaired) electrons. The first-order valence-electron chi connectivity index (χ1n) is 5.19. The molecule has 0 bridgehead atoms. The van der Waals surface area contributed by atoms with E-state index in [0.717, 1.165) is 12.8 Å². The van der Waals surface area contributed by atoms with Crippen molar-refractivity contribution >= 4 is 11.0 Å². The lowest BCUT2D eigenvalue weighted by Crippen LogP contribution is -1.93. The van der Waals surface area contributed by atoms with Crippen molar-refractivity contribution in [3.63, 3.8) is 0 Å². The molecule has 0 amide bonds. The highest BCUT2D eigenvalue weighted by atomic mass is 15.0. The van der Waals surface area contributed by atoms with Gasteiger partial charge in [-0.05, 0) is 24.0 Å². The van der Waals surface area contributed by atoms with Crippen LogP contribution < -0.4 is 0 Å². The Morgan fingerprint density at radius 2 is 1.79 bits per heavy atom. The van der Waals surface area contributed by atoms with E-state index in [9.17, 15) is 0 Å². The van der Waals surface area contributed by atoms with Crippen molar-refractivity contribution in [3.8, 4) is 0 Å². The minimum atomic E-state index is 1.05. The largest absolute Gasteiger partial charge is 0.333 e. The lowest BCUT2D eigenvalue weighted by Gasteiger charge is -2.05. The standard InChI is InChI=1S/C12H16N2/c1-4-9-6-7-10(5-2)12-11(9)13-8-14(12)3/h6-8H,4-5H2,1-3H3. The van der Waals surface area contributed by atoms with Gasteiger partial charge in [-0.25, -0.2) is 4.98 Å². The number of aromatic nitrogens is 2. The predicted octanol–water partition coefficient (Wildman–Crippen LogP) is 2.70. The summed E-state index contributed by atoms with van der Waals surface area (Å²) >= 11 is 0. The summed E-state index contributed by atoms with van der Waals surface area (Å²) in [5, 5.41) is 0. The quantitative estimate of drug-likeness (QED) is 0.708. The Kier molecular flexibility index (Phi) is 2.28. The molecule has 0 N–H and O–H groups in total.